The van der Waals surface area contributed by atoms with E-state index in [4.69, 9.17) is 28.5 Å². The van der Waals surface area contributed by atoms with Crippen molar-refractivity contribution in [1.29, 1.82) is 5.26 Å². The lowest BCUT2D eigenvalue weighted by atomic mass is 10.1. The van der Waals surface area contributed by atoms with Gasteiger partial charge in [-0.05, 0) is 18.2 Å². The van der Waals surface area contributed by atoms with E-state index in [1.165, 1.54) is 17.5 Å². The van der Waals surface area contributed by atoms with Gasteiger partial charge in [-0.15, -0.1) is 11.3 Å². The molecule has 0 aliphatic rings. The lowest BCUT2D eigenvalue weighted by Gasteiger charge is -2.03. The Bertz CT molecular complexity index is 994. The van der Waals surface area contributed by atoms with Crippen molar-refractivity contribution in [3.05, 3.63) is 64.4 Å². The Morgan fingerprint density at radius 2 is 2.17 bits per heavy atom. The fourth-order valence-corrected chi connectivity index (χ4v) is 3.56. The first-order valence-corrected chi connectivity index (χ1v) is 8.34. The van der Waals surface area contributed by atoms with E-state index in [-0.39, 0.29) is 0 Å². The van der Waals surface area contributed by atoms with Gasteiger partial charge in [0.15, 0.2) is 5.82 Å². The molecule has 0 amide bonds. The van der Waals surface area contributed by atoms with Gasteiger partial charge in [-0.2, -0.15) is 5.26 Å². The van der Waals surface area contributed by atoms with E-state index in [9.17, 15) is 0 Å². The molecule has 0 bridgehead atoms. The average Bonchev–Trinajstić information content (AvgIpc) is 3.20. The van der Waals surface area contributed by atoms with Crippen LogP contribution in [0.1, 0.15) is 10.7 Å². The second-order valence-corrected chi connectivity index (χ2v) is 6.65. The van der Waals surface area contributed by atoms with E-state index in [0.29, 0.717) is 37.8 Å². The molecule has 0 radical (unpaired) electrons. The summed E-state index contributed by atoms with van der Waals surface area (Å²) in [4.78, 5) is 12.6. The highest BCUT2D eigenvalue weighted by Gasteiger charge is 2.20. The molecule has 0 saturated heterocycles. The maximum Gasteiger partial charge on any atom is 0.150 e. The predicted molar refractivity (Wildman–Crippen MR) is 99.1 cm³/mol. The Morgan fingerprint density at radius 1 is 1.38 bits per heavy atom. The van der Waals surface area contributed by atoms with Gasteiger partial charge in [-0.25, -0.2) is 9.97 Å². The first-order chi connectivity index (χ1) is 11.5. The van der Waals surface area contributed by atoms with Crippen molar-refractivity contribution in [2.24, 2.45) is 0 Å². The smallest absolute Gasteiger partial charge is 0.150 e. The number of aromatic nitrogens is 3. The van der Waals surface area contributed by atoms with Crippen LogP contribution in [0, 0.1) is 11.3 Å². The van der Waals surface area contributed by atoms with Crippen molar-refractivity contribution in [3.8, 4) is 28.0 Å². The Balaban J connectivity index is 2.23. The molecule has 0 saturated carbocycles. The second-order valence-electron chi connectivity index (χ2n) is 4.81. The first-order valence-electron chi connectivity index (χ1n) is 6.77. The summed E-state index contributed by atoms with van der Waals surface area (Å²) in [5, 5.41) is 10.7. The zero-order valence-electron chi connectivity index (χ0n) is 12.3. The molecule has 2 aromatic heterocycles. The molecule has 4 nitrogen and oxygen atoms in total. The summed E-state index contributed by atoms with van der Waals surface area (Å²) in [6, 6.07) is 7.23. The van der Waals surface area contributed by atoms with Gasteiger partial charge in [0.25, 0.3) is 0 Å². The number of hydrogen-bond acceptors (Lipinski definition) is 4. The summed E-state index contributed by atoms with van der Waals surface area (Å²) in [6.07, 6.45) is 3.11. The lowest BCUT2D eigenvalue weighted by molar-refractivity contribution is 1.29. The molecule has 0 spiro atoms. The van der Waals surface area contributed by atoms with E-state index in [0.717, 1.165) is 10.4 Å². The number of hydrogen-bond donors (Lipinski definition) is 1. The number of aromatic amines is 1. The Labute approximate surface area is 152 Å². The number of allylic oxidation sites excluding steroid dienone is 2. The van der Waals surface area contributed by atoms with Gasteiger partial charge in [0.2, 0.25) is 0 Å². The van der Waals surface area contributed by atoms with E-state index in [1.54, 1.807) is 24.3 Å². The highest BCUT2D eigenvalue weighted by atomic mass is 35.5. The van der Waals surface area contributed by atoms with Crippen molar-refractivity contribution < 1.29 is 0 Å². The van der Waals surface area contributed by atoms with Crippen molar-refractivity contribution in [1.82, 2.24) is 15.0 Å². The Kier molecular flexibility index (Phi) is 4.54. The molecular formula is C17H10Cl2N4S. The van der Waals surface area contributed by atoms with Crippen LogP contribution < -0.4 is 0 Å². The van der Waals surface area contributed by atoms with Crippen molar-refractivity contribution >= 4 is 40.1 Å². The molecule has 3 aromatic rings. The van der Waals surface area contributed by atoms with Crippen LogP contribution in [-0.2, 0) is 0 Å². The Hall–Kier alpha value is -2.39. The predicted octanol–water partition coefficient (Wildman–Crippen LogP) is 5.58. The van der Waals surface area contributed by atoms with Crippen molar-refractivity contribution in [2.45, 2.75) is 0 Å². The van der Waals surface area contributed by atoms with Gasteiger partial charge in [0.05, 0.1) is 21.8 Å². The van der Waals surface area contributed by atoms with Crippen LogP contribution in [0.15, 0.2) is 43.6 Å². The van der Waals surface area contributed by atoms with E-state index >= 15 is 0 Å². The van der Waals surface area contributed by atoms with Gasteiger partial charge in [-0.3, -0.25) is 0 Å². The van der Waals surface area contributed by atoms with E-state index in [1.807, 2.05) is 6.07 Å². The van der Waals surface area contributed by atoms with Crippen LogP contribution in [0.25, 0.3) is 27.5 Å². The van der Waals surface area contributed by atoms with Crippen LogP contribution in [0.2, 0.25) is 10.0 Å². The monoisotopic (exact) mass is 372 g/mol. The second kappa shape index (κ2) is 6.62. The summed E-state index contributed by atoms with van der Waals surface area (Å²) in [5.41, 5.74) is 2.45. The molecule has 2 heterocycles. The zero-order valence-corrected chi connectivity index (χ0v) is 14.6. The third kappa shape index (κ3) is 3.00. The standard InChI is InChI=1S/C17H10Cl2N4S/c1-3-9(2)17-23-14(12-5-4-10(18)6-13(12)19)15(24-17)16-21-8-11(7-20)22-16/h3-6,8H,1-2H2,(H,21,22). The number of H-pyrrole nitrogens is 1. The van der Waals surface area contributed by atoms with Crippen LogP contribution in [0.4, 0.5) is 0 Å². The fraction of sp³-hybridized carbons (Fsp3) is 0. The molecular weight excluding hydrogens is 363 g/mol. The topological polar surface area (TPSA) is 65.4 Å². The summed E-state index contributed by atoms with van der Waals surface area (Å²) in [6.45, 7) is 7.66. The largest absolute Gasteiger partial charge is 0.329 e. The number of halogens is 2. The maximum absolute atomic E-state index is 8.99. The minimum atomic E-state index is 0.371. The molecule has 0 fully saturated rings. The molecule has 118 valence electrons. The van der Waals surface area contributed by atoms with Gasteiger partial charge in [0.1, 0.15) is 16.8 Å². The van der Waals surface area contributed by atoms with Gasteiger partial charge in [0, 0.05) is 16.2 Å². The molecule has 0 unspecified atom stereocenters. The number of benzene rings is 1. The van der Waals surface area contributed by atoms with Crippen LogP contribution >= 0.6 is 34.5 Å². The van der Waals surface area contributed by atoms with Gasteiger partial charge in [-0.1, -0.05) is 42.4 Å². The fourth-order valence-electron chi connectivity index (χ4n) is 2.06. The van der Waals surface area contributed by atoms with Crippen molar-refractivity contribution in [3.63, 3.8) is 0 Å². The molecule has 24 heavy (non-hydrogen) atoms. The zero-order chi connectivity index (χ0) is 17.3. The minimum Gasteiger partial charge on any atom is -0.329 e. The third-order valence-corrected chi connectivity index (χ3v) is 4.93. The third-order valence-electron chi connectivity index (χ3n) is 3.25. The average molecular weight is 373 g/mol. The first kappa shape index (κ1) is 16.5. The molecule has 0 aliphatic heterocycles. The number of nitriles is 1. The van der Waals surface area contributed by atoms with Gasteiger partial charge >= 0.3 is 0 Å². The number of nitrogens with zero attached hydrogens (tertiary/aromatic N) is 3. The summed E-state index contributed by atoms with van der Waals surface area (Å²) in [5.74, 6) is 0.549. The summed E-state index contributed by atoms with van der Waals surface area (Å²) >= 11 is 13.7. The molecule has 3 rings (SSSR count). The van der Waals surface area contributed by atoms with Crippen LogP contribution in [-0.4, -0.2) is 15.0 Å². The minimum absolute atomic E-state index is 0.371. The maximum atomic E-state index is 8.99. The number of rotatable bonds is 4. The molecule has 0 atom stereocenters. The van der Waals surface area contributed by atoms with E-state index < -0.39 is 0 Å². The SMILES string of the molecule is C=CC(=C)c1nc(-c2ccc(Cl)cc2Cl)c(-c2ncc(C#N)[nH]2)s1. The van der Waals surface area contributed by atoms with Gasteiger partial charge < -0.3 is 4.98 Å². The molecule has 7 heteroatoms. The normalized spacial score (nSPS) is 10.4. The molecule has 1 N–H and O–H groups in total. The van der Waals surface area contributed by atoms with Crippen molar-refractivity contribution in [2.75, 3.05) is 0 Å². The van der Waals surface area contributed by atoms with Crippen LogP contribution in [0.5, 0.6) is 0 Å². The number of nitrogens with one attached hydrogen (secondary N) is 1. The van der Waals surface area contributed by atoms with E-state index in [2.05, 4.69) is 28.1 Å². The van der Waals surface area contributed by atoms with Crippen LogP contribution in [0.3, 0.4) is 0 Å². The Morgan fingerprint density at radius 3 is 2.79 bits per heavy atom. The lowest BCUT2D eigenvalue weighted by Crippen LogP contribution is -1.86. The quantitative estimate of drug-likeness (QED) is 0.608. The summed E-state index contributed by atoms with van der Waals surface area (Å²) in [7, 11) is 0. The molecule has 0 aliphatic carbocycles. The summed E-state index contributed by atoms with van der Waals surface area (Å²) < 4.78 is 0. The highest BCUT2D eigenvalue weighted by molar-refractivity contribution is 7.16. The molecule has 1 aromatic carbocycles. The number of thiazole rings is 1. The highest BCUT2D eigenvalue weighted by Crippen LogP contribution is 2.40. The number of imidazole rings is 1.